The Morgan fingerprint density at radius 2 is 1.74 bits per heavy atom. The summed E-state index contributed by atoms with van der Waals surface area (Å²) in [5, 5.41) is 17.3. The van der Waals surface area contributed by atoms with E-state index in [2.05, 4.69) is 19.1 Å². The van der Waals surface area contributed by atoms with Crippen LogP contribution in [-0.4, -0.2) is 30.2 Å². The first-order chi connectivity index (χ1) is 9.18. The summed E-state index contributed by atoms with van der Waals surface area (Å²) in [5.41, 5.74) is 1.28. The van der Waals surface area contributed by atoms with Crippen LogP contribution in [0.2, 0.25) is 0 Å². The number of rotatable bonds is 5. The maximum atomic E-state index is 10.2. The molecule has 23 heavy (non-hydrogen) atoms. The minimum Gasteiger partial charge on any atom is -0.550 e. The van der Waals surface area contributed by atoms with Gasteiger partial charge in [0.1, 0.15) is 5.25 Å². The number of carbonyl (C=O) groups is 2. The minimum atomic E-state index is -4.94. The monoisotopic (exact) mass is 418 g/mol. The van der Waals surface area contributed by atoms with E-state index in [1.165, 1.54) is 5.56 Å². The summed E-state index contributed by atoms with van der Waals surface area (Å²) in [5.74, 6) is -4.08. The molecule has 0 heterocycles. The first kappa shape index (κ1) is 33.6. The molecule has 1 aromatic rings. The molecule has 7 nitrogen and oxygen atoms in total. The summed E-state index contributed by atoms with van der Waals surface area (Å²) >= 11 is 0. The van der Waals surface area contributed by atoms with Gasteiger partial charge < -0.3 is 19.8 Å². The Bertz CT molecular complexity index is 549. The zero-order valence-corrected chi connectivity index (χ0v) is 23.8. The summed E-state index contributed by atoms with van der Waals surface area (Å²) < 4.78 is 28.5. The van der Waals surface area contributed by atoms with E-state index in [0.717, 1.165) is 6.42 Å². The average molecular weight is 419 g/mol. The van der Waals surface area contributed by atoms with Crippen molar-refractivity contribution in [3.05, 3.63) is 35.9 Å². The number of benzene rings is 1. The van der Waals surface area contributed by atoms with Gasteiger partial charge in [-0.15, -0.1) is 0 Å². The van der Waals surface area contributed by atoms with Gasteiger partial charge >= 0.3 is 154 Å². The van der Waals surface area contributed by atoms with Gasteiger partial charge in [-0.2, -0.15) is 44.3 Å². The Kier molecular flexibility index (Phi) is 26.8. The molecule has 1 N–H and O–H groups in total. The molecular weight excluding hydrogens is 405 g/mol. The summed E-state index contributed by atoms with van der Waals surface area (Å²) in [6, 6.07) is 11.2. The van der Waals surface area contributed by atoms with E-state index in [0.29, 0.717) is 0 Å². The molecule has 11 heteroatoms. The predicted octanol–water partition coefficient (Wildman–Crippen LogP) is -10.8. The van der Waals surface area contributed by atoms with Crippen molar-refractivity contribution in [2.24, 2.45) is 0 Å². The zero-order chi connectivity index (χ0) is 15.8. The molecule has 0 saturated heterocycles. The van der Waals surface area contributed by atoms with Gasteiger partial charge in [0.2, 0.25) is 0 Å². The molecule has 0 aliphatic carbocycles. The minimum absolute atomic E-state index is 0. The third-order valence-electron chi connectivity index (χ3n) is 2.13. The van der Waals surface area contributed by atoms with Gasteiger partial charge in [-0.1, -0.05) is 13.3 Å². The van der Waals surface area contributed by atoms with Crippen LogP contribution in [0.5, 0.6) is 0 Å². The van der Waals surface area contributed by atoms with Crippen LogP contribution in [0.1, 0.15) is 18.9 Å². The quantitative estimate of drug-likeness (QED) is 0.285. The second-order valence-electron chi connectivity index (χ2n) is 3.64. The zero-order valence-electron chi connectivity index (χ0n) is 13.6. The van der Waals surface area contributed by atoms with Gasteiger partial charge in [0.25, 0.3) is 10.1 Å². The van der Waals surface area contributed by atoms with Crippen molar-refractivity contribution < 1.29 is 187 Å². The van der Waals surface area contributed by atoms with Crippen LogP contribution in [0, 0.1) is 6.07 Å². The Balaban J connectivity index is -0.000000146. The average Bonchev–Trinajstić information content (AvgIpc) is 2.36. The second-order valence-corrected chi connectivity index (χ2v) is 5.24. The van der Waals surface area contributed by atoms with Crippen molar-refractivity contribution in [2.75, 3.05) is 0 Å². The summed E-state index contributed by atoms with van der Waals surface area (Å²) in [4.78, 5) is 19.7. The molecule has 0 radical (unpaired) electrons. The van der Waals surface area contributed by atoms with E-state index < -0.39 is 33.7 Å². The van der Waals surface area contributed by atoms with Crippen molar-refractivity contribution in [3.8, 4) is 0 Å². The molecule has 1 atom stereocenters. The van der Waals surface area contributed by atoms with E-state index in [-0.39, 0.29) is 154 Å². The van der Waals surface area contributed by atoms with Gasteiger partial charge in [-0.3, -0.25) is 4.55 Å². The Morgan fingerprint density at radius 3 is 1.91 bits per heavy atom. The van der Waals surface area contributed by atoms with Gasteiger partial charge in [0.05, 0.1) is 5.97 Å². The fourth-order valence-electron chi connectivity index (χ4n) is 1.11. The van der Waals surface area contributed by atoms with Crippen LogP contribution in [0.3, 0.4) is 0 Å². The summed E-state index contributed by atoms with van der Waals surface area (Å²) in [6.45, 7) is 2.13. The Morgan fingerprint density at radius 1 is 1.22 bits per heavy atom. The molecular formula is C12H13K3O7S. The molecule has 0 amide bonds. The first-order valence-corrected chi connectivity index (χ1v) is 7.01. The normalized spacial score (nSPS) is 10.3. The number of hydrogen-bond acceptors (Lipinski definition) is 6. The molecule has 112 valence electrons. The predicted molar refractivity (Wildman–Crippen MR) is 64.6 cm³/mol. The Labute approximate surface area is 263 Å². The number of hydrogen-bond donors (Lipinski definition) is 1. The smallest absolute Gasteiger partial charge is 0.550 e. The first-order valence-electron chi connectivity index (χ1n) is 5.51. The molecule has 0 aliphatic heterocycles. The molecule has 0 aliphatic rings. The fourth-order valence-corrected chi connectivity index (χ4v) is 1.70. The van der Waals surface area contributed by atoms with E-state index in [1.807, 2.05) is 18.2 Å². The topological polar surface area (TPSA) is 135 Å². The van der Waals surface area contributed by atoms with Crippen LogP contribution >= 0.6 is 0 Å². The van der Waals surface area contributed by atoms with Crippen LogP contribution in [0.15, 0.2) is 24.3 Å². The largest absolute Gasteiger partial charge is 1.00 e. The maximum absolute atomic E-state index is 10.2. The molecule has 1 aromatic carbocycles. The van der Waals surface area contributed by atoms with Gasteiger partial charge in [0, 0.05) is 12.4 Å². The SMILES string of the molecule is CCc1[c-]cccc1.O=C([O-])CC(C(=O)[O-])S(=O)(=O)O.[K+].[K+].[K+]. The van der Waals surface area contributed by atoms with E-state index in [4.69, 9.17) is 4.55 Å². The number of carboxylic acids is 2. The molecule has 0 bridgehead atoms. The van der Waals surface area contributed by atoms with Crippen LogP contribution in [-0.2, 0) is 26.1 Å². The van der Waals surface area contributed by atoms with E-state index >= 15 is 0 Å². The maximum Gasteiger partial charge on any atom is 1.00 e. The fraction of sp³-hybridized carbons (Fsp3) is 0.333. The third-order valence-corrected chi connectivity index (χ3v) is 3.21. The number of carboxylic acid groups (broad SMARTS) is 2. The van der Waals surface area contributed by atoms with Gasteiger partial charge in [-0.05, 0) is 0 Å². The molecule has 0 fully saturated rings. The van der Waals surface area contributed by atoms with Crippen molar-refractivity contribution in [2.45, 2.75) is 25.0 Å². The molecule has 0 spiro atoms. The Hall–Kier alpha value is 2.98. The molecule has 0 aromatic heterocycles. The second kappa shape index (κ2) is 18.3. The molecule has 0 saturated carbocycles. The van der Waals surface area contributed by atoms with Crippen LogP contribution < -0.4 is 164 Å². The van der Waals surface area contributed by atoms with Crippen molar-refractivity contribution in [3.63, 3.8) is 0 Å². The number of aliphatic carboxylic acids is 2. The van der Waals surface area contributed by atoms with Gasteiger partial charge in [0.15, 0.2) is 0 Å². The van der Waals surface area contributed by atoms with Crippen molar-refractivity contribution >= 4 is 22.1 Å². The third kappa shape index (κ3) is 18.1. The van der Waals surface area contributed by atoms with Crippen LogP contribution in [0.4, 0.5) is 0 Å². The van der Waals surface area contributed by atoms with Crippen LogP contribution in [0.25, 0.3) is 0 Å². The van der Waals surface area contributed by atoms with Crippen molar-refractivity contribution in [1.82, 2.24) is 0 Å². The summed E-state index contributed by atoms with van der Waals surface area (Å²) in [6.07, 6.45) is -0.248. The van der Waals surface area contributed by atoms with Crippen molar-refractivity contribution in [1.29, 1.82) is 0 Å². The number of carbonyl (C=O) groups excluding carboxylic acids is 2. The van der Waals surface area contributed by atoms with E-state index in [1.54, 1.807) is 0 Å². The molecule has 1 rings (SSSR count). The van der Waals surface area contributed by atoms with E-state index in [9.17, 15) is 28.2 Å². The summed E-state index contributed by atoms with van der Waals surface area (Å²) in [7, 11) is -4.94. The van der Waals surface area contributed by atoms with Gasteiger partial charge in [-0.25, -0.2) is 0 Å². The standard InChI is InChI=1S/C8H9.C4H6O7S.3K/c1-2-8-6-4-3-5-7-8;5-3(6)1-2(4(7)8)12(9,10)11;;;/h3-6H,2H2,1H3;2H,1H2,(H,5,6)(H,7,8)(H,9,10,11);;;/q-1;;3*+1/p-2. The molecule has 1 unspecified atom stereocenters. The number of aryl methyl sites for hydroxylation is 1.